The van der Waals surface area contributed by atoms with Gasteiger partial charge < -0.3 is 15.3 Å². The van der Waals surface area contributed by atoms with E-state index in [1.165, 1.54) is 10.4 Å². The number of thioether (sulfide) groups is 1. The van der Waals surface area contributed by atoms with Gasteiger partial charge in [-0.2, -0.15) is 11.8 Å². The molecule has 34 heavy (non-hydrogen) atoms. The number of aromatic nitrogens is 1. The molecule has 5 rings (SSSR count). The maximum atomic E-state index is 13.2. The van der Waals surface area contributed by atoms with E-state index in [4.69, 9.17) is 4.98 Å². The summed E-state index contributed by atoms with van der Waals surface area (Å²) in [5.41, 5.74) is 2.44. The molecule has 1 amide bonds. The summed E-state index contributed by atoms with van der Waals surface area (Å²) in [7, 11) is 0. The molecule has 5 nitrogen and oxygen atoms in total. The topological polar surface area (TPSA) is 65.5 Å². The molecule has 2 fully saturated rings. The molecule has 1 unspecified atom stereocenters. The van der Waals surface area contributed by atoms with Crippen LogP contribution in [0.5, 0.6) is 0 Å². The number of nitrogens with one attached hydrogen (secondary N) is 1. The zero-order valence-electron chi connectivity index (χ0n) is 20.5. The molecular formula is C27H37N3O2S2. The number of anilines is 1. The molecule has 0 bridgehead atoms. The molecule has 1 aromatic heterocycles. The molecular weight excluding hydrogens is 462 g/mol. The molecule has 3 aliphatic rings. The second-order valence-electron chi connectivity index (χ2n) is 10.7. The molecule has 2 aliphatic carbocycles. The van der Waals surface area contributed by atoms with Crippen molar-refractivity contribution in [3.05, 3.63) is 46.5 Å². The molecule has 7 heteroatoms. The van der Waals surface area contributed by atoms with E-state index in [-0.39, 0.29) is 35.0 Å². The van der Waals surface area contributed by atoms with Crippen molar-refractivity contribution in [2.45, 2.75) is 58.6 Å². The number of thiazole rings is 1. The second-order valence-corrected chi connectivity index (χ2v) is 13.0. The highest BCUT2D eigenvalue weighted by molar-refractivity contribution is 7.99. The quantitative estimate of drug-likeness (QED) is 0.605. The van der Waals surface area contributed by atoms with Crippen LogP contribution in [0.25, 0.3) is 0 Å². The molecule has 1 saturated heterocycles. The zero-order valence-corrected chi connectivity index (χ0v) is 22.1. The first-order chi connectivity index (χ1) is 16.4. The minimum atomic E-state index is -0.470. The van der Waals surface area contributed by atoms with Crippen LogP contribution < -0.4 is 5.32 Å². The predicted octanol–water partition coefficient (Wildman–Crippen LogP) is 5.02. The number of fused-ring (bicyclic) bond motifs is 2. The van der Waals surface area contributed by atoms with Crippen LogP contribution in [0.15, 0.2) is 30.3 Å². The number of carbonyl (C=O) groups is 1. The number of aliphatic hydroxyl groups is 1. The third-order valence-corrected chi connectivity index (χ3v) is 10.5. The van der Waals surface area contributed by atoms with Crippen molar-refractivity contribution in [1.82, 2.24) is 9.88 Å². The van der Waals surface area contributed by atoms with E-state index in [1.807, 2.05) is 29.7 Å². The zero-order chi connectivity index (χ0) is 23.9. The van der Waals surface area contributed by atoms with E-state index in [0.29, 0.717) is 0 Å². The fourth-order valence-electron chi connectivity index (χ4n) is 6.65. The Bertz CT molecular complexity index is 1010. The number of hydrogen-bond acceptors (Lipinski definition) is 6. The van der Waals surface area contributed by atoms with E-state index in [0.717, 1.165) is 61.2 Å². The van der Waals surface area contributed by atoms with Gasteiger partial charge in [0.05, 0.1) is 11.8 Å². The van der Waals surface area contributed by atoms with Crippen molar-refractivity contribution in [2.75, 3.05) is 29.9 Å². The van der Waals surface area contributed by atoms with E-state index >= 15 is 0 Å². The number of benzene rings is 1. The van der Waals surface area contributed by atoms with Crippen molar-refractivity contribution < 1.29 is 9.90 Å². The largest absolute Gasteiger partial charge is 0.392 e. The lowest BCUT2D eigenvalue weighted by Crippen LogP contribution is -2.54. The van der Waals surface area contributed by atoms with Gasteiger partial charge in [-0.15, -0.1) is 11.3 Å². The van der Waals surface area contributed by atoms with Gasteiger partial charge in [-0.3, -0.25) is 4.79 Å². The number of hydrogen-bond donors (Lipinski definition) is 2. The van der Waals surface area contributed by atoms with Gasteiger partial charge in [0.1, 0.15) is 0 Å². The van der Waals surface area contributed by atoms with E-state index in [1.54, 1.807) is 11.3 Å². The first kappa shape index (κ1) is 24.1. The first-order valence-electron chi connectivity index (χ1n) is 12.7. The molecule has 0 radical (unpaired) electrons. The Hall–Kier alpha value is -1.57. The summed E-state index contributed by atoms with van der Waals surface area (Å²) in [6.07, 6.45) is 2.48. The van der Waals surface area contributed by atoms with Crippen LogP contribution in [0, 0.1) is 23.2 Å². The monoisotopic (exact) mass is 499 g/mol. The third kappa shape index (κ3) is 4.51. The number of amides is 1. The van der Waals surface area contributed by atoms with Crippen LogP contribution in [-0.2, 0) is 17.8 Å². The van der Waals surface area contributed by atoms with Crippen LogP contribution in [0.2, 0.25) is 0 Å². The van der Waals surface area contributed by atoms with E-state index < -0.39 is 6.10 Å². The van der Waals surface area contributed by atoms with Crippen molar-refractivity contribution in [1.29, 1.82) is 0 Å². The molecule has 2 aromatic rings. The predicted molar refractivity (Wildman–Crippen MR) is 141 cm³/mol. The summed E-state index contributed by atoms with van der Waals surface area (Å²) in [5.74, 6) is 2.50. The molecule has 6 atom stereocenters. The molecule has 1 aliphatic heterocycles. The minimum absolute atomic E-state index is 0.0264. The number of carbonyl (C=O) groups excluding carboxylic acids is 1. The lowest BCUT2D eigenvalue weighted by Gasteiger charge is -2.53. The Morgan fingerprint density at radius 1 is 1.29 bits per heavy atom. The lowest BCUT2D eigenvalue weighted by molar-refractivity contribution is -0.144. The highest BCUT2D eigenvalue weighted by atomic mass is 32.2. The molecule has 2 heterocycles. The Morgan fingerprint density at radius 3 is 2.76 bits per heavy atom. The van der Waals surface area contributed by atoms with Gasteiger partial charge in [-0.25, -0.2) is 4.98 Å². The van der Waals surface area contributed by atoms with Crippen molar-refractivity contribution in [3.63, 3.8) is 0 Å². The minimum Gasteiger partial charge on any atom is -0.392 e. The fourth-order valence-corrected chi connectivity index (χ4v) is 8.81. The number of nitrogens with zero attached hydrogens (tertiary/aromatic N) is 2. The van der Waals surface area contributed by atoms with Crippen LogP contribution in [0.3, 0.4) is 0 Å². The molecule has 1 saturated carbocycles. The van der Waals surface area contributed by atoms with Gasteiger partial charge in [-0.1, -0.05) is 51.1 Å². The number of rotatable bonds is 5. The normalized spacial score (nSPS) is 31.9. The molecule has 184 valence electrons. The SMILES string of the molecule is C[C@H](C(=O)N1CCSCC1)C1CC[C@@]2(C)Cc3sc(NCc4ccccc4)nc3[C@@H](C)[C@@H]2[C@H]1O. The lowest BCUT2D eigenvalue weighted by atomic mass is 9.53. The fraction of sp³-hybridized carbons (Fsp3) is 0.630. The second kappa shape index (κ2) is 9.82. The molecule has 0 spiro atoms. The summed E-state index contributed by atoms with van der Waals surface area (Å²) >= 11 is 3.70. The standard InChI is InChI=1S/C27H37N3O2S2/c1-17(25(32)30-11-13-33-14-12-30)20-9-10-27(3)15-21-23(18(2)22(27)24(20)31)29-26(34-21)28-16-19-7-5-4-6-8-19/h4-8,17-18,20,22,24,31H,9-16H2,1-3H3,(H,28,29)/t17-,18-,20?,22+,24-,27-/m0/s1. The van der Waals surface area contributed by atoms with Crippen LogP contribution in [-0.4, -0.2) is 51.6 Å². The van der Waals surface area contributed by atoms with E-state index in [9.17, 15) is 9.90 Å². The van der Waals surface area contributed by atoms with Crippen LogP contribution >= 0.6 is 23.1 Å². The maximum Gasteiger partial charge on any atom is 0.225 e. The van der Waals surface area contributed by atoms with E-state index in [2.05, 4.69) is 43.4 Å². The summed E-state index contributed by atoms with van der Waals surface area (Å²) in [6, 6.07) is 10.4. The van der Waals surface area contributed by atoms with Gasteiger partial charge >= 0.3 is 0 Å². The van der Waals surface area contributed by atoms with Gasteiger partial charge in [0.25, 0.3) is 0 Å². The summed E-state index contributed by atoms with van der Waals surface area (Å²) < 4.78 is 0. The third-order valence-electron chi connectivity index (χ3n) is 8.56. The smallest absolute Gasteiger partial charge is 0.225 e. The average Bonchev–Trinajstić information content (AvgIpc) is 3.26. The Kier molecular flexibility index (Phi) is 6.97. The van der Waals surface area contributed by atoms with Gasteiger partial charge in [-0.05, 0) is 42.1 Å². The highest BCUT2D eigenvalue weighted by Crippen LogP contribution is 2.57. The Morgan fingerprint density at radius 2 is 2.03 bits per heavy atom. The maximum absolute atomic E-state index is 13.2. The highest BCUT2D eigenvalue weighted by Gasteiger charge is 2.54. The number of aliphatic hydroxyl groups excluding tert-OH is 1. The molecule has 2 N–H and O–H groups in total. The van der Waals surface area contributed by atoms with Crippen LogP contribution in [0.1, 0.15) is 55.7 Å². The summed E-state index contributed by atoms with van der Waals surface area (Å²) in [5, 5.41) is 16.2. The Balaban J connectivity index is 1.32. The summed E-state index contributed by atoms with van der Waals surface area (Å²) in [6.45, 7) is 9.09. The van der Waals surface area contributed by atoms with Crippen LogP contribution in [0.4, 0.5) is 5.13 Å². The van der Waals surface area contributed by atoms with Gasteiger partial charge in [0.15, 0.2) is 5.13 Å². The van der Waals surface area contributed by atoms with Crippen molar-refractivity contribution in [3.8, 4) is 0 Å². The molecule has 1 aromatic carbocycles. The van der Waals surface area contributed by atoms with Gasteiger partial charge in [0.2, 0.25) is 5.91 Å². The van der Waals surface area contributed by atoms with Crippen molar-refractivity contribution in [2.24, 2.45) is 23.2 Å². The first-order valence-corrected chi connectivity index (χ1v) is 14.7. The van der Waals surface area contributed by atoms with Crippen molar-refractivity contribution >= 4 is 34.1 Å². The average molecular weight is 500 g/mol. The van der Waals surface area contributed by atoms with Gasteiger partial charge in [0, 0.05) is 47.9 Å². The summed E-state index contributed by atoms with van der Waals surface area (Å²) in [4.78, 5) is 21.6. The Labute approximate surface area is 211 Å².